The summed E-state index contributed by atoms with van der Waals surface area (Å²) in [4.78, 5) is 27.4. The molecule has 0 bridgehead atoms. The van der Waals surface area contributed by atoms with Crippen LogP contribution in [-0.2, 0) is 50.1 Å². The fourth-order valence-corrected chi connectivity index (χ4v) is 7.58. The Labute approximate surface area is 352 Å². The number of piperidine rings is 1. The first-order valence-corrected chi connectivity index (χ1v) is 18.9. The minimum absolute atomic E-state index is 0. The van der Waals surface area contributed by atoms with E-state index in [9.17, 15) is 9.59 Å². The SMILES string of the molecule is C=CC[C@@H]1[CH][CH][CH][C@H](C[C@@H](CCC)OC(C)=O)N1C(=O)O[C@H]1CCCC[C@@H]1C(C)(C)c1ccccc1.[C-]#[O+].[C-]#[O+].[Mo+2].c1cnn([B-](n2cccn2)n2cccn2)c1. The van der Waals surface area contributed by atoms with Gasteiger partial charge in [0.15, 0.2) is 0 Å². The zero-order valence-corrected chi connectivity index (χ0v) is 35.2. The van der Waals surface area contributed by atoms with Gasteiger partial charge in [-0.1, -0.05) is 70.0 Å². The van der Waals surface area contributed by atoms with Gasteiger partial charge in [0.25, 0.3) is 7.12 Å². The molecule has 1 aliphatic carbocycles. The van der Waals surface area contributed by atoms with Gasteiger partial charge < -0.3 is 28.2 Å². The first-order chi connectivity index (χ1) is 27.2. The van der Waals surface area contributed by atoms with Gasteiger partial charge in [-0.3, -0.25) is 4.79 Å². The number of carbonyl (C=O) groups excluding carboxylic acids is 2. The van der Waals surface area contributed by atoms with Crippen molar-refractivity contribution in [2.75, 3.05) is 0 Å². The summed E-state index contributed by atoms with van der Waals surface area (Å²) >= 11 is 0. The number of hydrogen-bond donors (Lipinski definition) is 0. The molecule has 57 heavy (non-hydrogen) atoms. The number of benzene rings is 1. The maximum absolute atomic E-state index is 13.8. The zero-order valence-electron chi connectivity index (χ0n) is 33.2. The van der Waals surface area contributed by atoms with Crippen molar-refractivity contribution in [2.45, 2.75) is 109 Å². The second-order valence-corrected chi connectivity index (χ2v) is 14.1. The summed E-state index contributed by atoms with van der Waals surface area (Å²) in [5, 5.41) is 12.7. The first-order valence-electron chi connectivity index (χ1n) is 18.9. The Morgan fingerprint density at radius 2 is 1.46 bits per heavy atom. The number of carbonyl (C=O) groups is 2. The van der Waals surface area contributed by atoms with Gasteiger partial charge in [0.2, 0.25) is 0 Å². The molecule has 5 atom stereocenters. The van der Waals surface area contributed by atoms with Crippen molar-refractivity contribution in [1.82, 2.24) is 34.0 Å². The predicted molar refractivity (Wildman–Crippen MR) is 210 cm³/mol. The summed E-state index contributed by atoms with van der Waals surface area (Å²) in [5.74, 6) is -0.0446. The molecule has 0 unspecified atom stereocenters. The molecule has 1 aromatic carbocycles. The summed E-state index contributed by atoms with van der Waals surface area (Å²) in [7, 11) is -0.194. The Balaban J connectivity index is 0.000000442. The molecule has 3 aromatic heterocycles. The summed E-state index contributed by atoms with van der Waals surface area (Å²) in [6.45, 7) is 21.0. The van der Waals surface area contributed by atoms with Crippen molar-refractivity contribution in [3.05, 3.63) is 136 Å². The van der Waals surface area contributed by atoms with Gasteiger partial charge >= 0.3 is 55.7 Å². The van der Waals surface area contributed by atoms with Crippen LogP contribution in [0, 0.1) is 38.5 Å². The molecule has 1 amide bonds. The van der Waals surface area contributed by atoms with Crippen molar-refractivity contribution in [3.8, 4) is 0 Å². The smallest absolute Gasteiger partial charge is 0.425 e. The van der Waals surface area contributed by atoms with Crippen molar-refractivity contribution < 1.29 is 49.4 Å². The van der Waals surface area contributed by atoms with Gasteiger partial charge in [0.05, 0.1) is 0 Å². The van der Waals surface area contributed by atoms with Gasteiger partial charge in [-0.05, 0) is 99.1 Å². The van der Waals surface area contributed by atoms with Crippen LogP contribution in [0.25, 0.3) is 0 Å². The summed E-state index contributed by atoms with van der Waals surface area (Å²) < 4.78 is 32.3. The van der Waals surface area contributed by atoms with E-state index in [1.54, 1.807) is 32.4 Å². The topological polar surface area (TPSA) is 149 Å². The number of rotatable bonds is 13. The molecule has 0 N–H and O–H groups in total. The summed E-state index contributed by atoms with van der Waals surface area (Å²) in [5.41, 5.74) is 1.17. The van der Waals surface area contributed by atoms with Crippen LogP contribution in [0.3, 0.4) is 0 Å². The molecule has 1 aliphatic heterocycles. The second-order valence-electron chi connectivity index (χ2n) is 14.1. The fraction of sp³-hybridized carbons (Fsp3) is 0.429. The Bertz CT molecular complexity index is 1650. The number of ether oxygens (including phenoxy) is 2. The average molecular weight is 859 g/mol. The Morgan fingerprint density at radius 1 is 0.912 bits per heavy atom. The van der Waals surface area contributed by atoms with Crippen LogP contribution < -0.4 is 0 Å². The predicted octanol–water partition coefficient (Wildman–Crippen LogP) is 7.15. The zero-order chi connectivity index (χ0) is 40.9. The average Bonchev–Trinajstić information content (AvgIpc) is 4.04. The monoisotopic (exact) mass is 860 g/mol. The molecule has 4 aromatic rings. The molecule has 300 valence electrons. The minimum Gasteiger partial charge on any atom is -0.425 e. The van der Waals surface area contributed by atoms with Gasteiger partial charge in [0.1, 0.15) is 12.2 Å². The molecule has 0 spiro atoms. The molecule has 1 saturated carbocycles. The van der Waals surface area contributed by atoms with Crippen molar-refractivity contribution in [2.24, 2.45) is 5.92 Å². The Kier molecular flexibility index (Phi) is 22.0. The van der Waals surface area contributed by atoms with Crippen molar-refractivity contribution in [3.63, 3.8) is 0 Å². The van der Waals surface area contributed by atoms with Crippen LogP contribution in [0.1, 0.15) is 84.6 Å². The molecular weight excluding hydrogens is 805 g/mol. The molecule has 2 fully saturated rings. The van der Waals surface area contributed by atoms with E-state index in [4.69, 9.17) is 18.8 Å². The van der Waals surface area contributed by atoms with E-state index in [-0.39, 0.29) is 75.9 Å². The molecule has 2 aliphatic rings. The van der Waals surface area contributed by atoms with Crippen molar-refractivity contribution in [1.29, 1.82) is 0 Å². The number of likely N-dealkylation sites (tertiary alicyclic amines) is 1. The minimum atomic E-state index is -0.287. The van der Waals surface area contributed by atoms with Crippen LogP contribution in [0.5, 0.6) is 0 Å². The van der Waals surface area contributed by atoms with Gasteiger partial charge in [-0.25, -0.2) is 20.1 Å². The molecule has 15 heteroatoms. The van der Waals surface area contributed by atoms with Crippen LogP contribution in [0.15, 0.2) is 98.4 Å². The third kappa shape index (κ3) is 13.9. The van der Waals surface area contributed by atoms with Crippen LogP contribution in [0.2, 0.25) is 0 Å². The molecule has 1 saturated heterocycles. The van der Waals surface area contributed by atoms with Crippen molar-refractivity contribution >= 4 is 19.2 Å². The number of amides is 1. The first kappa shape index (κ1) is 48.7. The molecule has 4 radical (unpaired) electrons. The largest absolute Gasteiger partial charge is 2.00 e. The van der Waals surface area contributed by atoms with Crippen LogP contribution in [0.4, 0.5) is 4.79 Å². The summed E-state index contributed by atoms with van der Waals surface area (Å²) in [6, 6.07) is 15.9. The van der Waals surface area contributed by atoms with E-state index < -0.39 is 0 Å². The van der Waals surface area contributed by atoms with E-state index in [1.807, 2.05) is 73.1 Å². The van der Waals surface area contributed by atoms with E-state index in [1.165, 1.54) is 12.5 Å². The standard InChI is InChI=1S/C31H44NO4.C9H9BN6.2CO.Mo/c1-6-14-25-18-13-19-26(22-27(15-7-2)35-23(3)33)32(25)30(34)36-29-21-12-11-20-28(29)31(4,5)24-16-9-8-10-17-24;1-4-11-14(7-1)10(15-8-2-5-12-15)16-9-3-6-13-16;2*1-2;/h6,8-10,13,16-19,25-29H,1,7,11-12,14-15,20-22H2,2-5H3;1-9H;;;/q;-1;;;+2/t25-,26-,27-,28+,29+;;;;/m1..../s1. The van der Waals surface area contributed by atoms with Gasteiger partial charge in [-0.2, -0.15) is 0 Å². The second kappa shape index (κ2) is 25.7. The number of hydrogen-bond acceptors (Lipinski definition) is 7. The van der Waals surface area contributed by atoms with Crippen LogP contribution in [-0.4, -0.2) is 77.4 Å². The van der Waals surface area contributed by atoms with E-state index >= 15 is 0 Å². The summed E-state index contributed by atoms with van der Waals surface area (Å²) in [6.07, 6.45) is 25.1. The molecular formula is C42H53BMoN7O6+. The van der Waals surface area contributed by atoms with E-state index in [2.05, 4.69) is 80.2 Å². The molecule has 4 heterocycles. The fourth-order valence-electron chi connectivity index (χ4n) is 7.58. The third-order valence-electron chi connectivity index (χ3n) is 10.1. The molecule has 6 rings (SSSR count). The Morgan fingerprint density at radius 3 is 1.95 bits per heavy atom. The number of esters is 1. The van der Waals surface area contributed by atoms with Gasteiger partial charge in [0, 0.05) is 49.9 Å². The van der Waals surface area contributed by atoms with Crippen LogP contribution >= 0.6 is 0 Å². The van der Waals surface area contributed by atoms with Gasteiger partial charge in [-0.15, -0.1) is 6.58 Å². The number of aromatic nitrogens is 6. The maximum atomic E-state index is 13.8. The number of nitrogens with zero attached hydrogens (tertiary/aromatic N) is 7. The van der Waals surface area contributed by atoms with E-state index in [0.717, 1.165) is 38.5 Å². The quantitative estimate of drug-likeness (QED) is 0.0456. The normalized spacial score (nSPS) is 19.4. The third-order valence-corrected chi connectivity index (χ3v) is 10.1. The Hall–Kier alpha value is -4.44. The molecule has 13 nitrogen and oxygen atoms in total. The van der Waals surface area contributed by atoms with E-state index in [0.29, 0.717) is 12.8 Å². The maximum Gasteiger partial charge on any atom is 2.00 e.